The molecule has 1 aliphatic rings. The van der Waals surface area contributed by atoms with Gasteiger partial charge in [0, 0.05) is 17.6 Å². The number of sulfone groups is 1. The van der Waals surface area contributed by atoms with Crippen molar-refractivity contribution in [2.24, 2.45) is 0 Å². The van der Waals surface area contributed by atoms with E-state index in [-0.39, 0.29) is 23.5 Å². The topological polar surface area (TPSA) is 63.7 Å². The monoisotopic (exact) mass is 407 g/mol. The maximum Gasteiger partial charge on any atom is 0.258 e. The average Bonchev–Trinajstić information content (AvgIpc) is 2.99. The van der Waals surface area contributed by atoms with Crippen LogP contribution in [0.2, 0.25) is 5.02 Å². The van der Waals surface area contributed by atoms with E-state index in [9.17, 15) is 13.2 Å². The molecule has 1 saturated heterocycles. The molecular formula is C20H22ClNO4S. The zero-order valence-electron chi connectivity index (χ0n) is 15.1. The lowest BCUT2D eigenvalue weighted by molar-refractivity contribution is 0.0676. The van der Waals surface area contributed by atoms with Crippen molar-refractivity contribution in [2.75, 3.05) is 18.1 Å². The molecule has 0 spiro atoms. The lowest BCUT2D eigenvalue weighted by Crippen LogP contribution is -2.40. The second kappa shape index (κ2) is 8.31. The first kappa shape index (κ1) is 19.7. The summed E-state index contributed by atoms with van der Waals surface area (Å²) in [5.41, 5.74) is 1.29. The molecule has 1 aliphatic heterocycles. The van der Waals surface area contributed by atoms with Crippen LogP contribution in [0.5, 0.6) is 5.75 Å². The van der Waals surface area contributed by atoms with Gasteiger partial charge in [-0.05, 0) is 43.2 Å². The van der Waals surface area contributed by atoms with E-state index in [1.807, 2.05) is 25.1 Å². The van der Waals surface area contributed by atoms with Crippen LogP contribution in [-0.2, 0) is 16.4 Å². The van der Waals surface area contributed by atoms with Gasteiger partial charge in [-0.15, -0.1) is 0 Å². The third kappa shape index (κ3) is 4.82. The minimum Gasteiger partial charge on any atom is -0.493 e. The van der Waals surface area contributed by atoms with Crippen LogP contribution < -0.4 is 4.74 Å². The number of hydrogen-bond donors (Lipinski definition) is 0. The molecule has 0 N–H and O–H groups in total. The van der Waals surface area contributed by atoms with Crippen LogP contribution in [0.3, 0.4) is 0 Å². The summed E-state index contributed by atoms with van der Waals surface area (Å²) < 4.78 is 29.6. The highest BCUT2D eigenvalue weighted by Crippen LogP contribution is 2.26. The van der Waals surface area contributed by atoms with Crippen molar-refractivity contribution >= 4 is 27.3 Å². The molecule has 1 fully saturated rings. The number of nitrogens with zero attached hydrogens (tertiary/aromatic N) is 1. The van der Waals surface area contributed by atoms with Crippen molar-refractivity contribution in [3.05, 3.63) is 64.7 Å². The number of amides is 1. The second-order valence-electron chi connectivity index (χ2n) is 6.55. The quantitative estimate of drug-likeness (QED) is 0.734. The molecule has 1 atom stereocenters. The predicted octanol–water partition coefficient (Wildman–Crippen LogP) is 3.57. The van der Waals surface area contributed by atoms with E-state index < -0.39 is 9.84 Å². The fraction of sp³-hybridized carbons (Fsp3) is 0.350. The number of halogens is 1. The first-order valence-electron chi connectivity index (χ1n) is 8.87. The SMILES string of the molecule is CCOc1ccccc1C(=O)N(Cc1cccc(Cl)c1)[C@@H]1CCS(=O)(=O)C1. The molecule has 1 heterocycles. The Balaban J connectivity index is 1.95. The summed E-state index contributed by atoms with van der Waals surface area (Å²) in [6.45, 7) is 2.59. The molecule has 0 bridgehead atoms. The Morgan fingerprint density at radius 1 is 1.22 bits per heavy atom. The highest BCUT2D eigenvalue weighted by molar-refractivity contribution is 7.91. The van der Waals surface area contributed by atoms with Gasteiger partial charge >= 0.3 is 0 Å². The van der Waals surface area contributed by atoms with Crippen molar-refractivity contribution in [3.63, 3.8) is 0 Å². The lowest BCUT2D eigenvalue weighted by Gasteiger charge is -2.29. The summed E-state index contributed by atoms with van der Waals surface area (Å²) in [4.78, 5) is 15.0. The van der Waals surface area contributed by atoms with Crippen LogP contribution in [0.25, 0.3) is 0 Å². The van der Waals surface area contributed by atoms with Gasteiger partial charge in [0.05, 0.1) is 23.7 Å². The third-order valence-corrected chi connectivity index (χ3v) is 6.55. The zero-order chi connectivity index (χ0) is 19.4. The first-order valence-corrected chi connectivity index (χ1v) is 11.1. The molecule has 7 heteroatoms. The van der Waals surface area contributed by atoms with E-state index in [1.54, 1.807) is 35.2 Å². The molecule has 0 aromatic heterocycles. The standard InChI is InChI=1S/C20H22ClNO4S/c1-2-26-19-9-4-3-8-18(19)20(23)22(17-10-11-27(24,25)14-17)13-15-6-5-7-16(21)12-15/h3-9,12,17H,2,10-11,13-14H2,1H3/t17-/m1/s1. The van der Waals surface area contributed by atoms with Gasteiger partial charge in [-0.2, -0.15) is 0 Å². The number of benzene rings is 2. The molecule has 144 valence electrons. The Morgan fingerprint density at radius 3 is 2.67 bits per heavy atom. The van der Waals surface area contributed by atoms with E-state index >= 15 is 0 Å². The van der Waals surface area contributed by atoms with Crippen LogP contribution in [0.4, 0.5) is 0 Å². The molecule has 0 saturated carbocycles. The molecule has 5 nitrogen and oxygen atoms in total. The lowest BCUT2D eigenvalue weighted by atomic mass is 10.1. The highest BCUT2D eigenvalue weighted by Gasteiger charge is 2.35. The summed E-state index contributed by atoms with van der Waals surface area (Å²) in [6.07, 6.45) is 0.436. The number of ether oxygens (including phenoxy) is 1. The van der Waals surface area contributed by atoms with Crippen LogP contribution in [0.1, 0.15) is 29.3 Å². The summed E-state index contributed by atoms with van der Waals surface area (Å²) in [6, 6.07) is 13.9. The van der Waals surface area contributed by atoms with E-state index in [1.165, 1.54) is 0 Å². The minimum absolute atomic E-state index is 0.0178. The van der Waals surface area contributed by atoms with Gasteiger partial charge < -0.3 is 9.64 Å². The third-order valence-electron chi connectivity index (χ3n) is 4.57. The van der Waals surface area contributed by atoms with Gasteiger partial charge in [-0.1, -0.05) is 35.9 Å². The number of carbonyl (C=O) groups is 1. The first-order chi connectivity index (χ1) is 12.9. The summed E-state index contributed by atoms with van der Waals surface area (Å²) in [5, 5.41) is 0.577. The normalized spacial score (nSPS) is 18.2. The Morgan fingerprint density at radius 2 is 2.00 bits per heavy atom. The number of rotatable bonds is 6. The number of hydrogen-bond acceptors (Lipinski definition) is 4. The number of carbonyl (C=O) groups excluding carboxylic acids is 1. The predicted molar refractivity (Wildman–Crippen MR) is 106 cm³/mol. The van der Waals surface area contributed by atoms with Crippen LogP contribution in [0.15, 0.2) is 48.5 Å². The van der Waals surface area contributed by atoms with E-state index in [2.05, 4.69) is 0 Å². The minimum atomic E-state index is -3.13. The molecule has 0 radical (unpaired) electrons. The smallest absolute Gasteiger partial charge is 0.258 e. The average molecular weight is 408 g/mol. The Bertz CT molecular complexity index is 929. The second-order valence-corrected chi connectivity index (χ2v) is 9.21. The Hall–Kier alpha value is -2.05. The molecule has 0 unspecified atom stereocenters. The van der Waals surface area contributed by atoms with Crippen molar-refractivity contribution in [1.29, 1.82) is 0 Å². The highest BCUT2D eigenvalue weighted by atomic mass is 35.5. The molecule has 2 aromatic carbocycles. The Kier molecular flexibility index (Phi) is 6.07. The fourth-order valence-electron chi connectivity index (χ4n) is 3.30. The summed E-state index contributed by atoms with van der Waals surface area (Å²) >= 11 is 6.08. The van der Waals surface area contributed by atoms with Crippen molar-refractivity contribution in [2.45, 2.75) is 25.9 Å². The summed E-state index contributed by atoms with van der Waals surface area (Å²) in [7, 11) is -3.13. The van der Waals surface area contributed by atoms with Gasteiger partial charge in [0.15, 0.2) is 9.84 Å². The maximum atomic E-state index is 13.3. The van der Waals surface area contributed by atoms with Gasteiger partial charge in [0.1, 0.15) is 5.75 Å². The van der Waals surface area contributed by atoms with E-state index in [0.29, 0.717) is 35.9 Å². The molecule has 3 rings (SSSR count). The van der Waals surface area contributed by atoms with E-state index in [0.717, 1.165) is 5.56 Å². The van der Waals surface area contributed by atoms with E-state index in [4.69, 9.17) is 16.3 Å². The van der Waals surface area contributed by atoms with Gasteiger partial charge in [-0.25, -0.2) is 8.42 Å². The van der Waals surface area contributed by atoms with Crippen LogP contribution >= 0.6 is 11.6 Å². The largest absolute Gasteiger partial charge is 0.493 e. The van der Waals surface area contributed by atoms with Crippen LogP contribution in [-0.4, -0.2) is 43.4 Å². The van der Waals surface area contributed by atoms with Gasteiger partial charge in [0.25, 0.3) is 5.91 Å². The fourth-order valence-corrected chi connectivity index (χ4v) is 5.24. The Labute approximate surface area is 164 Å². The zero-order valence-corrected chi connectivity index (χ0v) is 16.7. The summed E-state index contributed by atoms with van der Waals surface area (Å²) in [5.74, 6) is 0.350. The van der Waals surface area contributed by atoms with Crippen LogP contribution in [0, 0.1) is 0 Å². The van der Waals surface area contributed by atoms with Crippen molar-refractivity contribution in [3.8, 4) is 5.75 Å². The van der Waals surface area contributed by atoms with Crippen molar-refractivity contribution in [1.82, 2.24) is 4.90 Å². The molecule has 2 aromatic rings. The molecule has 1 amide bonds. The molecule has 27 heavy (non-hydrogen) atoms. The maximum absolute atomic E-state index is 13.3. The number of para-hydroxylation sites is 1. The van der Waals surface area contributed by atoms with Crippen molar-refractivity contribution < 1.29 is 17.9 Å². The molecular weight excluding hydrogens is 386 g/mol. The van der Waals surface area contributed by atoms with Gasteiger partial charge in [0.2, 0.25) is 0 Å². The molecule has 0 aliphatic carbocycles. The van der Waals surface area contributed by atoms with Gasteiger partial charge in [-0.3, -0.25) is 4.79 Å².